The Hall–Kier alpha value is -3.08. The Balaban J connectivity index is 2.29. The molecule has 0 saturated carbocycles. The zero-order valence-electron chi connectivity index (χ0n) is 13.2. The first-order valence-corrected chi connectivity index (χ1v) is 7.48. The quantitative estimate of drug-likeness (QED) is 0.736. The van der Waals surface area contributed by atoms with E-state index in [1.165, 1.54) is 6.92 Å². The van der Waals surface area contributed by atoms with Gasteiger partial charge < -0.3 is 19.1 Å². The van der Waals surface area contributed by atoms with Gasteiger partial charge in [-0.15, -0.1) is 0 Å². The standard InChI is InChI=1S/C19H16O5/c1-11-8-9-14-15(10-11)24-17(13-6-4-3-5-7-13)18(16(14)20)23-12(2)19(21)22/h3-10,12H,1-2H3,(H,21,22)/p-1/t12-/m1/s1. The third-order valence-electron chi connectivity index (χ3n) is 3.67. The van der Waals surface area contributed by atoms with E-state index >= 15 is 0 Å². The van der Waals surface area contributed by atoms with Gasteiger partial charge in [0.2, 0.25) is 11.2 Å². The Morgan fingerprint density at radius 1 is 1.17 bits per heavy atom. The van der Waals surface area contributed by atoms with Crippen molar-refractivity contribution < 1.29 is 19.1 Å². The van der Waals surface area contributed by atoms with Crippen LogP contribution in [0.1, 0.15) is 12.5 Å². The highest BCUT2D eigenvalue weighted by molar-refractivity contribution is 5.83. The summed E-state index contributed by atoms with van der Waals surface area (Å²) in [5, 5.41) is 11.3. The number of rotatable bonds is 4. The number of fused-ring (bicyclic) bond motifs is 1. The zero-order chi connectivity index (χ0) is 17.3. The van der Waals surface area contributed by atoms with Gasteiger partial charge in [0.1, 0.15) is 11.7 Å². The van der Waals surface area contributed by atoms with Gasteiger partial charge in [-0.2, -0.15) is 0 Å². The molecule has 0 bridgehead atoms. The molecule has 0 aliphatic rings. The normalized spacial score (nSPS) is 12.1. The minimum atomic E-state index is -1.41. The summed E-state index contributed by atoms with van der Waals surface area (Å²) >= 11 is 0. The third kappa shape index (κ3) is 2.88. The molecule has 0 saturated heterocycles. The van der Waals surface area contributed by atoms with E-state index in [4.69, 9.17) is 9.15 Å². The van der Waals surface area contributed by atoms with E-state index in [0.29, 0.717) is 16.5 Å². The first-order valence-electron chi connectivity index (χ1n) is 7.48. The molecule has 0 amide bonds. The molecular weight excluding hydrogens is 308 g/mol. The highest BCUT2D eigenvalue weighted by atomic mass is 16.5. The molecule has 0 radical (unpaired) electrons. The average molecular weight is 323 g/mol. The molecular formula is C19H15O5-. The fourth-order valence-electron chi connectivity index (χ4n) is 2.39. The largest absolute Gasteiger partial charge is 0.546 e. The monoisotopic (exact) mass is 323 g/mol. The molecule has 0 aliphatic carbocycles. The van der Waals surface area contributed by atoms with Gasteiger partial charge in [0.25, 0.3) is 0 Å². The van der Waals surface area contributed by atoms with Gasteiger partial charge in [0, 0.05) is 5.56 Å². The maximum atomic E-state index is 12.8. The molecule has 0 aliphatic heterocycles. The first kappa shape index (κ1) is 15.8. The van der Waals surface area contributed by atoms with Crippen LogP contribution in [0.15, 0.2) is 57.7 Å². The van der Waals surface area contributed by atoms with Crippen LogP contribution in [0.3, 0.4) is 0 Å². The maximum Gasteiger partial charge on any atom is 0.235 e. The lowest BCUT2D eigenvalue weighted by molar-refractivity contribution is -0.312. The molecule has 3 aromatic rings. The van der Waals surface area contributed by atoms with E-state index in [2.05, 4.69) is 0 Å². The van der Waals surface area contributed by atoms with Crippen LogP contribution in [0.4, 0.5) is 0 Å². The summed E-state index contributed by atoms with van der Waals surface area (Å²) in [6.45, 7) is 3.20. The van der Waals surface area contributed by atoms with Crippen molar-refractivity contribution in [1.82, 2.24) is 0 Å². The molecule has 1 atom stereocenters. The Kier molecular flexibility index (Phi) is 4.08. The minimum Gasteiger partial charge on any atom is -0.546 e. The Morgan fingerprint density at radius 2 is 1.88 bits per heavy atom. The topological polar surface area (TPSA) is 79.6 Å². The van der Waals surface area contributed by atoms with Crippen molar-refractivity contribution in [2.45, 2.75) is 20.0 Å². The van der Waals surface area contributed by atoms with E-state index < -0.39 is 17.5 Å². The van der Waals surface area contributed by atoms with Gasteiger partial charge >= 0.3 is 0 Å². The lowest BCUT2D eigenvalue weighted by Crippen LogP contribution is -2.38. The smallest absolute Gasteiger partial charge is 0.235 e. The molecule has 1 aromatic heterocycles. The number of carbonyl (C=O) groups is 1. The molecule has 2 aromatic carbocycles. The lowest BCUT2D eigenvalue weighted by Gasteiger charge is -2.17. The van der Waals surface area contributed by atoms with Crippen LogP contribution in [0.2, 0.25) is 0 Å². The molecule has 5 heteroatoms. The van der Waals surface area contributed by atoms with Crippen molar-refractivity contribution in [1.29, 1.82) is 0 Å². The minimum absolute atomic E-state index is 0.130. The first-order chi connectivity index (χ1) is 11.5. The summed E-state index contributed by atoms with van der Waals surface area (Å²) in [7, 11) is 0. The number of benzene rings is 2. The Labute approximate surface area is 138 Å². The van der Waals surface area contributed by atoms with Crippen LogP contribution in [0.25, 0.3) is 22.3 Å². The summed E-state index contributed by atoms with van der Waals surface area (Å²) in [4.78, 5) is 23.8. The van der Waals surface area contributed by atoms with Crippen molar-refractivity contribution >= 4 is 16.9 Å². The highest BCUT2D eigenvalue weighted by Crippen LogP contribution is 2.31. The van der Waals surface area contributed by atoms with Crippen LogP contribution in [0.5, 0.6) is 5.75 Å². The highest BCUT2D eigenvalue weighted by Gasteiger charge is 2.20. The van der Waals surface area contributed by atoms with Gasteiger partial charge in [0.05, 0.1) is 11.4 Å². The zero-order valence-corrected chi connectivity index (χ0v) is 13.2. The molecule has 0 N–H and O–H groups in total. The van der Waals surface area contributed by atoms with Crippen molar-refractivity contribution in [2.75, 3.05) is 0 Å². The summed E-state index contributed by atoms with van der Waals surface area (Å²) in [5.41, 5.74) is 1.58. The third-order valence-corrected chi connectivity index (χ3v) is 3.67. The number of carboxylic acids is 1. The van der Waals surface area contributed by atoms with Gasteiger partial charge in [-0.1, -0.05) is 36.4 Å². The molecule has 24 heavy (non-hydrogen) atoms. The van der Waals surface area contributed by atoms with Gasteiger partial charge in [-0.25, -0.2) is 0 Å². The number of ether oxygens (including phenoxy) is 1. The Morgan fingerprint density at radius 3 is 2.54 bits per heavy atom. The Bertz CT molecular complexity index is 957. The molecule has 0 spiro atoms. The van der Waals surface area contributed by atoms with Crippen LogP contribution < -0.4 is 15.3 Å². The summed E-state index contributed by atoms with van der Waals surface area (Å²) in [5.74, 6) is -1.33. The van der Waals surface area contributed by atoms with Crippen molar-refractivity contribution in [3.8, 4) is 17.1 Å². The predicted molar refractivity (Wildman–Crippen MR) is 87.8 cm³/mol. The summed E-state index contributed by atoms with van der Waals surface area (Å²) < 4.78 is 11.2. The second-order valence-corrected chi connectivity index (χ2v) is 5.53. The molecule has 0 fully saturated rings. The maximum absolute atomic E-state index is 12.8. The van der Waals surface area contributed by atoms with Gasteiger partial charge in [-0.3, -0.25) is 4.79 Å². The number of aliphatic carboxylic acids is 1. The van der Waals surface area contributed by atoms with Gasteiger partial charge in [0.15, 0.2) is 5.76 Å². The summed E-state index contributed by atoms with van der Waals surface area (Å²) in [6, 6.07) is 14.1. The van der Waals surface area contributed by atoms with Crippen LogP contribution in [-0.4, -0.2) is 12.1 Å². The van der Waals surface area contributed by atoms with Crippen molar-refractivity contribution in [2.24, 2.45) is 0 Å². The van der Waals surface area contributed by atoms with Crippen molar-refractivity contribution in [3.05, 3.63) is 64.3 Å². The fourth-order valence-corrected chi connectivity index (χ4v) is 2.39. The van der Waals surface area contributed by atoms with Crippen LogP contribution >= 0.6 is 0 Å². The second-order valence-electron chi connectivity index (χ2n) is 5.53. The number of aryl methyl sites for hydroxylation is 1. The van der Waals surface area contributed by atoms with E-state index in [9.17, 15) is 14.7 Å². The molecule has 122 valence electrons. The van der Waals surface area contributed by atoms with Crippen LogP contribution in [0, 0.1) is 6.92 Å². The fraction of sp³-hybridized carbons (Fsp3) is 0.158. The summed E-state index contributed by atoms with van der Waals surface area (Å²) in [6.07, 6.45) is -1.28. The van der Waals surface area contributed by atoms with Crippen LogP contribution in [-0.2, 0) is 4.79 Å². The number of carboxylic acid groups (broad SMARTS) is 1. The van der Waals surface area contributed by atoms with Gasteiger partial charge in [-0.05, 0) is 31.5 Å². The van der Waals surface area contributed by atoms with E-state index in [1.54, 1.807) is 42.5 Å². The molecule has 1 heterocycles. The van der Waals surface area contributed by atoms with Crippen molar-refractivity contribution in [3.63, 3.8) is 0 Å². The van der Waals surface area contributed by atoms with E-state index in [1.807, 2.05) is 13.0 Å². The molecule has 3 rings (SSSR count). The molecule has 0 unspecified atom stereocenters. The number of hydrogen-bond donors (Lipinski definition) is 0. The molecule has 5 nitrogen and oxygen atoms in total. The average Bonchev–Trinajstić information content (AvgIpc) is 2.57. The lowest BCUT2D eigenvalue weighted by atomic mass is 10.1. The SMILES string of the molecule is Cc1ccc2c(=O)c(O[C@H](C)C(=O)[O-])c(-c3ccccc3)oc2c1. The number of hydrogen-bond acceptors (Lipinski definition) is 5. The predicted octanol–water partition coefficient (Wildman–Crippen LogP) is 2.29. The number of carbonyl (C=O) groups excluding carboxylic acids is 1. The second kappa shape index (κ2) is 6.20. The van der Waals surface area contributed by atoms with E-state index in [-0.39, 0.29) is 11.5 Å². The van der Waals surface area contributed by atoms with E-state index in [0.717, 1.165) is 5.56 Å².